The summed E-state index contributed by atoms with van der Waals surface area (Å²) in [5.41, 5.74) is 2.52. The first-order valence-corrected chi connectivity index (χ1v) is 9.25. The van der Waals surface area contributed by atoms with Crippen molar-refractivity contribution < 1.29 is 14.3 Å². The summed E-state index contributed by atoms with van der Waals surface area (Å²) < 4.78 is 6.62. The van der Waals surface area contributed by atoms with Gasteiger partial charge >= 0.3 is 6.03 Å². The second-order valence-electron chi connectivity index (χ2n) is 6.49. The van der Waals surface area contributed by atoms with E-state index >= 15 is 0 Å². The van der Waals surface area contributed by atoms with Gasteiger partial charge in [-0.05, 0) is 42.3 Å². The number of urea groups is 1. The van der Waals surface area contributed by atoms with Crippen LogP contribution in [-0.2, 0) is 11.3 Å². The molecule has 3 amide bonds. The molecule has 7 heteroatoms. The molecule has 0 fully saturated rings. The monoisotopic (exact) mass is 433 g/mol. The molecule has 0 heterocycles. The van der Waals surface area contributed by atoms with Crippen molar-refractivity contribution >= 4 is 33.6 Å². The van der Waals surface area contributed by atoms with E-state index in [2.05, 4.69) is 21.2 Å². The molecule has 2 rings (SSSR count). The molecule has 0 saturated carbocycles. The molecule has 144 valence electrons. The Bertz CT molecular complexity index is 807. The molecule has 2 aromatic carbocycles. The van der Waals surface area contributed by atoms with E-state index in [0.29, 0.717) is 18.0 Å². The number of amides is 3. The zero-order valence-electron chi connectivity index (χ0n) is 16.0. The predicted octanol–water partition coefficient (Wildman–Crippen LogP) is 3.89. The van der Waals surface area contributed by atoms with Gasteiger partial charge in [-0.1, -0.05) is 34.1 Å². The summed E-state index contributed by atoms with van der Waals surface area (Å²) in [5.74, 6) is 0.316. The van der Waals surface area contributed by atoms with E-state index in [0.717, 1.165) is 15.6 Å². The minimum Gasteiger partial charge on any atom is -0.482 e. The minimum absolute atomic E-state index is 0.0892. The van der Waals surface area contributed by atoms with Crippen molar-refractivity contribution in [1.82, 2.24) is 9.80 Å². The molecule has 1 N–H and O–H groups in total. The Morgan fingerprint density at radius 3 is 2.37 bits per heavy atom. The minimum atomic E-state index is -0.259. The highest BCUT2D eigenvalue weighted by molar-refractivity contribution is 9.10. The zero-order valence-corrected chi connectivity index (χ0v) is 17.5. The third kappa shape index (κ3) is 6.29. The summed E-state index contributed by atoms with van der Waals surface area (Å²) >= 11 is 3.40. The molecule has 0 saturated heterocycles. The number of halogens is 1. The molecular weight excluding hydrogens is 410 g/mol. The summed E-state index contributed by atoms with van der Waals surface area (Å²) in [7, 11) is 5.06. The van der Waals surface area contributed by atoms with Crippen LogP contribution in [0.15, 0.2) is 46.9 Å². The number of nitrogens with zero attached hydrogens (tertiary/aromatic N) is 2. The van der Waals surface area contributed by atoms with Gasteiger partial charge in [0, 0.05) is 32.2 Å². The van der Waals surface area contributed by atoms with Crippen LogP contribution in [0, 0.1) is 6.92 Å². The normalized spacial score (nSPS) is 10.3. The first-order chi connectivity index (χ1) is 12.8. The Morgan fingerprint density at radius 1 is 1.07 bits per heavy atom. The molecule has 0 atom stereocenters. The molecule has 2 aromatic rings. The summed E-state index contributed by atoms with van der Waals surface area (Å²) in [4.78, 5) is 27.4. The van der Waals surface area contributed by atoms with E-state index < -0.39 is 0 Å². The lowest BCUT2D eigenvalue weighted by molar-refractivity contribution is -0.130. The van der Waals surface area contributed by atoms with Crippen LogP contribution in [0.1, 0.15) is 11.1 Å². The van der Waals surface area contributed by atoms with Gasteiger partial charge in [0.15, 0.2) is 6.61 Å². The predicted molar refractivity (Wildman–Crippen MR) is 110 cm³/mol. The summed E-state index contributed by atoms with van der Waals surface area (Å²) in [6.07, 6.45) is 0. The first kappa shape index (κ1) is 20.8. The van der Waals surface area contributed by atoms with Crippen LogP contribution in [0.3, 0.4) is 0 Å². The maximum Gasteiger partial charge on any atom is 0.321 e. The van der Waals surface area contributed by atoms with E-state index in [1.54, 1.807) is 38.2 Å². The highest BCUT2D eigenvalue weighted by Gasteiger charge is 2.14. The lowest BCUT2D eigenvalue weighted by Gasteiger charge is -2.20. The standard InChI is InChI=1S/C20H24BrN3O3/c1-14-5-10-17(18(11-14)27-13-19(25)23(2)3)22-20(26)24(4)12-15-6-8-16(21)9-7-15/h5-11H,12-13H2,1-4H3,(H,22,26). The van der Waals surface area contributed by atoms with Crippen molar-refractivity contribution in [3.8, 4) is 5.75 Å². The van der Waals surface area contributed by atoms with Gasteiger partial charge < -0.3 is 19.9 Å². The highest BCUT2D eigenvalue weighted by atomic mass is 79.9. The number of carbonyl (C=O) groups is 2. The summed E-state index contributed by atoms with van der Waals surface area (Å²) in [6, 6.07) is 13.0. The number of likely N-dealkylation sites (N-methyl/N-ethyl adjacent to an activating group) is 1. The average Bonchev–Trinajstić information content (AvgIpc) is 2.63. The van der Waals surface area contributed by atoms with Crippen LogP contribution in [0.4, 0.5) is 10.5 Å². The van der Waals surface area contributed by atoms with Gasteiger partial charge in [0.2, 0.25) is 0 Å². The van der Waals surface area contributed by atoms with Crippen molar-refractivity contribution in [1.29, 1.82) is 0 Å². The quantitative estimate of drug-likeness (QED) is 0.751. The topological polar surface area (TPSA) is 61.9 Å². The molecule has 0 unspecified atom stereocenters. The molecule has 0 aliphatic carbocycles. The lowest BCUT2D eigenvalue weighted by atomic mass is 10.2. The molecule has 0 aliphatic rings. The number of aryl methyl sites for hydroxylation is 1. The Balaban J connectivity index is 2.05. The summed E-state index contributed by atoms with van der Waals surface area (Å²) in [6.45, 7) is 2.31. The molecule has 0 aliphatic heterocycles. The fourth-order valence-electron chi connectivity index (χ4n) is 2.27. The van der Waals surface area contributed by atoms with Crippen LogP contribution in [0.2, 0.25) is 0 Å². The number of hydrogen-bond donors (Lipinski definition) is 1. The Kier molecular flexibility index (Phi) is 7.24. The van der Waals surface area contributed by atoms with E-state index in [9.17, 15) is 9.59 Å². The SMILES string of the molecule is Cc1ccc(NC(=O)N(C)Cc2ccc(Br)cc2)c(OCC(=O)N(C)C)c1. The van der Waals surface area contributed by atoms with E-state index in [1.165, 1.54) is 4.90 Å². The first-order valence-electron chi connectivity index (χ1n) is 8.46. The molecule has 0 aromatic heterocycles. The smallest absolute Gasteiger partial charge is 0.321 e. The molecule has 27 heavy (non-hydrogen) atoms. The van der Waals surface area contributed by atoms with Crippen molar-refractivity contribution in [2.24, 2.45) is 0 Å². The van der Waals surface area contributed by atoms with E-state index in [4.69, 9.17) is 4.74 Å². The van der Waals surface area contributed by atoms with E-state index in [1.807, 2.05) is 37.3 Å². The van der Waals surface area contributed by atoms with Crippen LogP contribution < -0.4 is 10.1 Å². The zero-order chi connectivity index (χ0) is 20.0. The highest BCUT2D eigenvalue weighted by Crippen LogP contribution is 2.26. The third-order valence-corrected chi connectivity index (χ3v) is 4.44. The number of benzene rings is 2. The van der Waals surface area contributed by atoms with Gasteiger partial charge in [0.05, 0.1) is 5.69 Å². The van der Waals surface area contributed by atoms with Crippen LogP contribution in [0.5, 0.6) is 5.75 Å². The Hall–Kier alpha value is -2.54. The lowest BCUT2D eigenvalue weighted by Crippen LogP contribution is -2.31. The molecule has 0 radical (unpaired) electrons. The van der Waals surface area contributed by atoms with Crippen molar-refractivity contribution in [2.45, 2.75) is 13.5 Å². The average molecular weight is 434 g/mol. The van der Waals surface area contributed by atoms with Gasteiger partial charge in [-0.15, -0.1) is 0 Å². The van der Waals surface area contributed by atoms with Gasteiger partial charge in [0.25, 0.3) is 5.91 Å². The second-order valence-corrected chi connectivity index (χ2v) is 7.40. The second kappa shape index (κ2) is 9.41. The number of carbonyl (C=O) groups excluding carboxylic acids is 2. The Morgan fingerprint density at radius 2 is 1.74 bits per heavy atom. The molecule has 6 nitrogen and oxygen atoms in total. The summed E-state index contributed by atoms with van der Waals surface area (Å²) in [5, 5.41) is 2.85. The maximum absolute atomic E-state index is 12.5. The van der Waals surface area contributed by atoms with Crippen molar-refractivity contribution in [3.05, 3.63) is 58.1 Å². The number of nitrogens with one attached hydrogen (secondary N) is 1. The van der Waals surface area contributed by atoms with Gasteiger partial charge in [-0.25, -0.2) is 4.79 Å². The third-order valence-electron chi connectivity index (χ3n) is 3.91. The Labute approximate surface area is 168 Å². The van der Waals surface area contributed by atoms with Gasteiger partial charge in [0.1, 0.15) is 5.75 Å². The number of ether oxygens (including phenoxy) is 1. The van der Waals surface area contributed by atoms with Crippen molar-refractivity contribution in [2.75, 3.05) is 33.1 Å². The largest absolute Gasteiger partial charge is 0.482 e. The van der Waals surface area contributed by atoms with E-state index in [-0.39, 0.29) is 18.5 Å². The van der Waals surface area contributed by atoms with Crippen LogP contribution >= 0.6 is 15.9 Å². The molecular formula is C20H24BrN3O3. The fourth-order valence-corrected chi connectivity index (χ4v) is 2.53. The molecule has 0 spiro atoms. The van der Waals surface area contributed by atoms with Gasteiger partial charge in [-0.3, -0.25) is 4.79 Å². The maximum atomic E-state index is 12.5. The number of rotatable bonds is 6. The fraction of sp³-hybridized carbons (Fsp3) is 0.300. The van der Waals surface area contributed by atoms with Crippen molar-refractivity contribution in [3.63, 3.8) is 0 Å². The van der Waals surface area contributed by atoms with Crippen LogP contribution in [0.25, 0.3) is 0 Å². The number of anilines is 1. The van der Waals surface area contributed by atoms with Crippen LogP contribution in [-0.4, -0.2) is 49.5 Å². The van der Waals surface area contributed by atoms with Gasteiger partial charge in [-0.2, -0.15) is 0 Å². The number of hydrogen-bond acceptors (Lipinski definition) is 3. The molecule has 0 bridgehead atoms.